The number of fused-ring (bicyclic) bond motifs is 1. The van der Waals surface area contributed by atoms with Crippen molar-refractivity contribution in [2.75, 3.05) is 34.4 Å². The molecule has 0 aromatic carbocycles. The largest absolute Gasteiger partial charge is 0.359 e. The standard InChI is InChI=1S/C20H36O5/c1-15(10-16(11-21)12-24-13-22-3)17-7-8-18-19(25-14-23-4)6-5-9-20(17,18)2/h11,15-19H,5-10,12-14H2,1-4H3/t15-,16?,17-,18?,19+,20-/m1/s1. The van der Waals surface area contributed by atoms with Crippen LogP contribution in [0, 0.1) is 29.1 Å². The molecule has 0 saturated heterocycles. The predicted molar refractivity (Wildman–Crippen MR) is 96.1 cm³/mol. The van der Waals surface area contributed by atoms with Crippen molar-refractivity contribution in [1.29, 1.82) is 0 Å². The molecule has 2 aliphatic carbocycles. The summed E-state index contributed by atoms with van der Waals surface area (Å²) in [7, 11) is 3.29. The molecule has 2 rings (SSSR count). The van der Waals surface area contributed by atoms with Crippen LogP contribution in [0.3, 0.4) is 0 Å². The minimum absolute atomic E-state index is 0.0445. The van der Waals surface area contributed by atoms with E-state index in [0.717, 1.165) is 19.1 Å². The van der Waals surface area contributed by atoms with Crippen molar-refractivity contribution in [3.05, 3.63) is 0 Å². The Labute approximate surface area is 152 Å². The molecule has 146 valence electrons. The van der Waals surface area contributed by atoms with Crippen LogP contribution < -0.4 is 0 Å². The second kappa shape index (κ2) is 10.0. The molecule has 0 heterocycles. The molecule has 2 fully saturated rings. The molecule has 6 atom stereocenters. The minimum atomic E-state index is -0.0445. The van der Waals surface area contributed by atoms with Crippen molar-refractivity contribution in [1.82, 2.24) is 0 Å². The maximum Gasteiger partial charge on any atom is 0.146 e. The van der Waals surface area contributed by atoms with Gasteiger partial charge in [-0.2, -0.15) is 0 Å². The van der Waals surface area contributed by atoms with Gasteiger partial charge < -0.3 is 23.7 Å². The summed E-state index contributed by atoms with van der Waals surface area (Å²) in [6.07, 6.45) is 8.36. The molecule has 0 spiro atoms. The van der Waals surface area contributed by atoms with Crippen molar-refractivity contribution in [2.24, 2.45) is 29.1 Å². The van der Waals surface area contributed by atoms with Crippen LogP contribution in [0.2, 0.25) is 0 Å². The van der Waals surface area contributed by atoms with Gasteiger partial charge in [0.25, 0.3) is 0 Å². The number of rotatable bonds is 11. The van der Waals surface area contributed by atoms with E-state index in [1.54, 1.807) is 14.2 Å². The first-order valence-corrected chi connectivity index (χ1v) is 9.69. The van der Waals surface area contributed by atoms with Crippen LogP contribution in [0.1, 0.15) is 52.4 Å². The summed E-state index contributed by atoms with van der Waals surface area (Å²) >= 11 is 0. The van der Waals surface area contributed by atoms with Crippen LogP contribution in [0.15, 0.2) is 0 Å². The van der Waals surface area contributed by atoms with Crippen molar-refractivity contribution >= 4 is 6.29 Å². The first-order valence-electron chi connectivity index (χ1n) is 9.69. The lowest BCUT2D eigenvalue weighted by Crippen LogP contribution is -2.43. The second-order valence-electron chi connectivity index (χ2n) is 8.19. The van der Waals surface area contributed by atoms with Gasteiger partial charge in [-0.15, -0.1) is 0 Å². The maximum atomic E-state index is 11.4. The van der Waals surface area contributed by atoms with Gasteiger partial charge in [0.1, 0.15) is 19.9 Å². The van der Waals surface area contributed by atoms with Crippen LogP contribution in [0.25, 0.3) is 0 Å². The molecule has 0 bridgehead atoms. The van der Waals surface area contributed by atoms with Gasteiger partial charge in [-0.05, 0) is 55.3 Å². The number of aldehydes is 1. The zero-order valence-corrected chi connectivity index (χ0v) is 16.4. The molecule has 0 aliphatic heterocycles. The molecule has 0 radical (unpaired) electrons. The van der Waals surface area contributed by atoms with Gasteiger partial charge in [0.15, 0.2) is 0 Å². The normalized spacial score (nSPS) is 34.5. The molecule has 0 amide bonds. The Kier molecular flexibility index (Phi) is 8.33. The Morgan fingerprint density at radius 2 is 1.92 bits per heavy atom. The molecule has 2 unspecified atom stereocenters. The highest BCUT2D eigenvalue weighted by atomic mass is 16.7. The lowest BCUT2D eigenvalue weighted by molar-refractivity contribution is -0.130. The van der Waals surface area contributed by atoms with Gasteiger partial charge in [-0.25, -0.2) is 0 Å². The number of hydrogen-bond acceptors (Lipinski definition) is 5. The van der Waals surface area contributed by atoms with Crippen LogP contribution in [-0.2, 0) is 23.7 Å². The van der Waals surface area contributed by atoms with Crippen molar-refractivity contribution < 1.29 is 23.7 Å². The van der Waals surface area contributed by atoms with Crippen LogP contribution in [0.5, 0.6) is 0 Å². The van der Waals surface area contributed by atoms with Crippen molar-refractivity contribution in [3.63, 3.8) is 0 Å². The summed E-state index contributed by atoms with van der Waals surface area (Å²) in [6, 6.07) is 0. The van der Waals surface area contributed by atoms with E-state index in [1.807, 2.05) is 0 Å². The molecule has 25 heavy (non-hydrogen) atoms. The molecule has 0 N–H and O–H groups in total. The quantitative estimate of drug-likeness (QED) is 0.321. The van der Waals surface area contributed by atoms with Crippen LogP contribution >= 0.6 is 0 Å². The minimum Gasteiger partial charge on any atom is -0.359 e. The number of ether oxygens (including phenoxy) is 4. The Hall–Kier alpha value is -0.490. The van der Waals surface area contributed by atoms with E-state index in [1.165, 1.54) is 25.7 Å². The van der Waals surface area contributed by atoms with E-state index in [2.05, 4.69) is 13.8 Å². The SMILES string of the molecule is COCOCC(C=O)C[C@@H](C)[C@H]1CCC2[C@@H](OCOC)CCC[C@@]21C. The van der Waals surface area contributed by atoms with E-state index >= 15 is 0 Å². The first-order chi connectivity index (χ1) is 12.1. The molecule has 0 aromatic heterocycles. The highest BCUT2D eigenvalue weighted by Crippen LogP contribution is 2.58. The summed E-state index contributed by atoms with van der Waals surface area (Å²) in [5, 5.41) is 0. The topological polar surface area (TPSA) is 54.0 Å². The Morgan fingerprint density at radius 3 is 2.60 bits per heavy atom. The van der Waals surface area contributed by atoms with Gasteiger partial charge in [-0.1, -0.05) is 20.3 Å². The lowest BCUT2D eigenvalue weighted by Gasteiger charge is -2.46. The molecule has 0 aromatic rings. The summed E-state index contributed by atoms with van der Waals surface area (Å²) in [5.74, 6) is 1.73. The van der Waals surface area contributed by atoms with Gasteiger partial charge in [-0.3, -0.25) is 0 Å². The predicted octanol–water partition coefficient (Wildman–Crippen LogP) is 3.65. The molecular formula is C20H36O5. The number of hydrogen-bond donors (Lipinski definition) is 0. The van der Waals surface area contributed by atoms with Gasteiger partial charge >= 0.3 is 0 Å². The number of methoxy groups -OCH3 is 2. The average Bonchev–Trinajstić information content (AvgIpc) is 2.96. The smallest absolute Gasteiger partial charge is 0.146 e. The van der Waals surface area contributed by atoms with E-state index in [-0.39, 0.29) is 12.7 Å². The van der Waals surface area contributed by atoms with Crippen LogP contribution in [0.4, 0.5) is 0 Å². The summed E-state index contributed by atoms with van der Waals surface area (Å²) in [5.41, 5.74) is 0.316. The molecular weight excluding hydrogens is 320 g/mol. The average molecular weight is 357 g/mol. The molecule has 5 nitrogen and oxygen atoms in total. The fourth-order valence-corrected chi connectivity index (χ4v) is 5.54. The Bertz CT molecular complexity index is 402. The van der Waals surface area contributed by atoms with E-state index in [0.29, 0.717) is 42.7 Å². The Morgan fingerprint density at radius 1 is 1.16 bits per heavy atom. The summed E-state index contributed by atoms with van der Waals surface area (Å²) < 4.78 is 21.4. The zero-order valence-electron chi connectivity index (χ0n) is 16.4. The fraction of sp³-hybridized carbons (Fsp3) is 0.950. The van der Waals surface area contributed by atoms with Gasteiger partial charge in [0.05, 0.1) is 12.7 Å². The zero-order chi connectivity index (χ0) is 18.3. The van der Waals surface area contributed by atoms with E-state index < -0.39 is 0 Å². The highest BCUT2D eigenvalue weighted by Gasteiger charge is 2.52. The van der Waals surface area contributed by atoms with Gasteiger partial charge in [0, 0.05) is 20.1 Å². The van der Waals surface area contributed by atoms with E-state index in [9.17, 15) is 4.79 Å². The van der Waals surface area contributed by atoms with Crippen molar-refractivity contribution in [2.45, 2.75) is 58.5 Å². The molecule has 5 heteroatoms. The van der Waals surface area contributed by atoms with E-state index in [4.69, 9.17) is 18.9 Å². The monoisotopic (exact) mass is 356 g/mol. The second-order valence-corrected chi connectivity index (χ2v) is 8.19. The third-order valence-electron chi connectivity index (χ3n) is 6.62. The molecule has 2 saturated carbocycles. The fourth-order valence-electron chi connectivity index (χ4n) is 5.54. The first kappa shape index (κ1) is 20.8. The lowest BCUT2D eigenvalue weighted by atomic mass is 9.61. The summed E-state index contributed by atoms with van der Waals surface area (Å²) in [6.45, 7) is 5.85. The Balaban J connectivity index is 1.95. The molecule has 2 aliphatic rings. The number of carbonyl (C=O) groups is 1. The highest BCUT2D eigenvalue weighted by molar-refractivity contribution is 5.53. The summed E-state index contributed by atoms with van der Waals surface area (Å²) in [4.78, 5) is 11.4. The third kappa shape index (κ3) is 5.03. The van der Waals surface area contributed by atoms with Crippen LogP contribution in [-0.4, -0.2) is 46.8 Å². The third-order valence-corrected chi connectivity index (χ3v) is 6.62. The number of carbonyl (C=O) groups excluding carboxylic acids is 1. The van der Waals surface area contributed by atoms with Gasteiger partial charge in [0.2, 0.25) is 0 Å². The van der Waals surface area contributed by atoms with Crippen molar-refractivity contribution in [3.8, 4) is 0 Å². The maximum absolute atomic E-state index is 11.4.